The quantitative estimate of drug-likeness (QED) is 0.565. The lowest BCUT2D eigenvalue weighted by Gasteiger charge is -2.28. The molecule has 2 heteroatoms. The highest BCUT2D eigenvalue weighted by molar-refractivity contribution is 4.75. The second-order valence-corrected chi connectivity index (χ2v) is 10.1. The first kappa shape index (κ1) is 21.0. The number of likely N-dealkylation sites (tertiary alicyclic amines) is 1. The summed E-state index contributed by atoms with van der Waals surface area (Å²) in [4.78, 5) is 2.66. The predicted molar refractivity (Wildman–Crippen MR) is 104 cm³/mol. The molecule has 0 aliphatic carbocycles. The second kappa shape index (κ2) is 10.0. The van der Waals surface area contributed by atoms with Gasteiger partial charge < -0.3 is 10.2 Å². The molecule has 0 amide bonds. The monoisotopic (exact) mass is 324 g/mol. The molecule has 138 valence electrons. The van der Waals surface area contributed by atoms with Gasteiger partial charge in [0.2, 0.25) is 0 Å². The van der Waals surface area contributed by atoms with Crippen LogP contribution in [0.2, 0.25) is 0 Å². The molecule has 0 aromatic rings. The van der Waals surface area contributed by atoms with E-state index in [-0.39, 0.29) is 0 Å². The van der Waals surface area contributed by atoms with Gasteiger partial charge in [0.25, 0.3) is 0 Å². The lowest BCUT2D eigenvalue weighted by atomic mass is 9.84. The predicted octanol–water partition coefficient (Wildman–Crippen LogP) is 5.47. The van der Waals surface area contributed by atoms with E-state index >= 15 is 0 Å². The normalized spacial score (nSPS) is 17.9. The van der Waals surface area contributed by atoms with E-state index in [2.05, 4.69) is 51.8 Å². The Morgan fingerprint density at radius 1 is 0.826 bits per heavy atom. The highest BCUT2D eigenvalue weighted by Crippen LogP contribution is 2.26. The average Bonchev–Trinajstić information content (AvgIpc) is 2.44. The lowest BCUT2D eigenvalue weighted by molar-refractivity contribution is 0.222. The topological polar surface area (TPSA) is 15.3 Å². The van der Waals surface area contributed by atoms with Gasteiger partial charge in [-0.15, -0.1) is 0 Å². The van der Waals surface area contributed by atoms with Gasteiger partial charge in [0.05, 0.1) is 0 Å². The van der Waals surface area contributed by atoms with Crippen molar-refractivity contribution in [2.45, 2.75) is 99.0 Å². The number of nitrogens with zero attached hydrogens (tertiary/aromatic N) is 1. The Morgan fingerprint density at radius 2 is 1.35 bits per heavy atom. The molecule has 0 spiro atoms. The summed E-state index contributed by atoms with van der Waals surface area (Å²) in [6, 6.07) is 0.704. The summed E-state index contributed by atoms with van der Waals surface area (Å²) in [5.74, 6) is 0. The van der Waals surface area contributed by atoms with Crippen LogP contribution in [0.4, 0.5) is 0 Å². The van der Waals surface area contributed by atoms with Crippen LogP contribution in [0.3, 0.4) is 0 Å². The third-order valence-electron chi connectivity index (χ3n) is 5.02. The zero-order valence-electron chi connectivity index (χ0n) is 17.0. The zero-order chi connectivity index (χ0) is 17.3. The van der Waals surface area contributed by atoms with Crippen LogP contribution in [0.25, 0.3) is 0 Å². The van der Waals surface area contributed by atoms with Crippen molar-refractivity contribution < 1.29 is 0 Å². The van der Waals surface area contributed by atoms with Gasteiger partial charge in [-0.3, -0.25) is 0 Å². The second-order valence-electron chi connectivity index (χ2n) is 10.1. The lowest BCUT2D eigenvalue weighted by Crippen LogP contribution is -2.35. The first-order valence-electron chi connectivity index (χ1n) is 10.1. The highest BCUT2D eigenvalue weighted by atomic mass is 15.1. The first-order valence-corrected chi connectivity index (χ1v) is 10.1. The van der Waals surface area contributed by atoms with E-state index in [0.29, 0.717) is 16.9 Å². The first-order chi connectivity index (χ1) is 10.7. The van der Waals surface area contributed by atoms with Gasteiger partial charge >= 0.3 is 0 Å². The van der Waals surface area contributed by atoms with Crippen molar-refractivity contribution >= 4 is 0 Å². The maximum atomic E-state index is 3.88. The Balaban J connectivity index is 2.26. The van der Waals surface area contributed by atoms with Gasteiger partial charge in [-0.05, 0) is 82.0 Å². The number of piperidine rings is 1. The molecule has 0 aromatic heterocycles. The summed E-state index contributed by atoms with van der Waals surface area (Å²) in [6.07, 6.45) is 10.9. The van der Waals surface area contributed by atoms with E-state index in [1.807, 2.05) is 0 Å². The summed E-state index contributed by atoms with van der Waals surface area (Å²) < 4.78 is 0. The van der Waals surface area contributed by atoms with Crippen LogP contribution < -0.4 is 5.32 Å². The Labute approximate surface area is 146 Å². The molecule has 0 radical (unpaired) electrons. The molecule has 0 bridgehead atoms. The average molecular weight is 325 g/mol. The zero-order valence-corrected chi connectivity index (χ0v) is 17.0. The van der Waals surface area contributed by atoms with Crippen molar-refractivity contribution in [3.63, 3.8) is 0 Å². The van der Waals surface area contributed by atoms with E-state index in [4.69, 9.17) is 0 Å². The molecule has 1 N–H and O–H groups in total. The molecule has 0 aromatic carbocycles. The van der Waals surface area contributed by atoms with Crippen LogP contribution in [-0.2, 0) is 0 Å². The van der Waals surface area contributed by atoms with Crippen molar-refractivity contribution in [1.29, 1.82) is 0 Å². The molecule has 1 fully saturated rings. The van der Waals surface area contributed by atoms with Crippen molar-refractivity contribution in [2.24, 2.45) is 10.8 Å². The Morgan fingerprint density at radius 3 is 1.83 bits per heavy atom. The minimum atomic E-state index is 0.454. The van der Waals surface area contributed by atoms with Crippen molar-refractivity contribution in [3.8, 4) is 0 Å². The number of hydrogen-bond donors (Lipinski definition) is 1. The van der Waals surface area contributed by atoms with Crippen LogP contribution in [0.1, 0.15) is 92.9 Å². The summed E-state index contributed by atoms with van der Waals surface area (Å²) in [5, 5.41) is 3.88. The van der Waals surface area contributed by atoms with E-state index < -0.39 is 0 Å². The maximum absolute atomic E-state index is 3.88. The third kappa shape index (κ3) is 12.0. The Kier molecular flexibility index (Phi) is 9.15. The summed E-state index contributed by atoms with van der Waals surface area (Å²) in [6.45, 7) is 19.3. The number of hydrogen-bond acceptors (Lipinski definition) is 2. The van der Waals surface area contributed by atoms with Gasteiger partial charge in [-0.25, -0.2) is 0 Å². The molecule has 23 heavy (non-hydrogen) atoms. The van der Waals surface area contributed by atoms with E-state index in [1.165, 1.54) is 77.5 Å². The van der Waals surface area contributed by atoms with Gasteiger partial charge in [0.15, 0.2) is 0 Å². The standard InChI is InChI=1S/C21H44N2/c1-20(2,3)13-11-19(12-14-21(4,5)6)22-15-10-18-23-16-8-7-9-17-23/h19,22H,7-18H2,1-6H3. The van der Waals surface area contributed by atoms with E-state index in [1.54, 1.807) is 0 Å². The van der Waals surface area contributed by atoms with Crippen LogP contribution in [0.15, 0.2) is 0 Å². The van der Waals surface area contributed by atoms with Crippen molar-refractivity contribution in [1.82, 2.24) is 10.2 Å². The minimum absolute atomic E-state index is 0.454. The molecule has 1 heterocycles. The fraction of sp³-hybridized carbons (Fsp3) is 1.00. The van der Waals surface area contributed by atoms with Gasteiger partial charge in [-0.1, -0.05) is 48.0 Å². The molecular weight excluding hydrogens is 280 g/mol. The molecule has 1 aliphatic heterocycles. The number of nitrogens with one attached hydrogen (secondary N) is 1. The summed E-state index contributed by atoms with van der Waals surface area (Å²) >= 11 is 0. The minimum Gasteiger partial charge on any atom is -0.314 e. The number of rotatable bonds is 9. The van der Waals surface area contributed by atoms with E-state index in [9.17, 15) is 0 Å². The van der Waals surface area contributed by atoms with Gasteiger partial charge in [-0.2, -0.15) is 0 Å². The summed E-state index contributed by atoms with van der Waals surface area (Å²) in [5.41, 5.74) is 0.908. The summed E-state index contributed by atoms with van der Waals surface area (Å²) in [7, 11) is 0. The molecule has 0 unspecified atom stereocenters. The molecular formula is C21H44N2. The van der Waals surface area contributed by atoms with Gasteiger partial charge in [0.1, 0.15) is 0 Å². The van der Waals surface area contributed by atoms with Gasteiger partial charge in [0, 0.05) is 6.04 Å². The van der Waals surface area contributed by atoms with Crippen molar-refractivity contribution in [3.05, 3.63) is 0 Å². The smallest absolute Gasteiger partial charge is 0.00674 e. The highest BCUT2D eigenvalue weighted by Gasteiger charge is 2.18. The van der Waals surface area contributed by atoms with Crippen LogP contribution >= 0.6 is 0 Å². The largest absolute Gasteiger partial charge is 0.314 e. The molecule has 0 atom stereocenters. The maximum Gasteiger partial charge on any atom is 0.00674 e. The van der Waals surface area contributed by atoms with E-state index in [0.717, 1.165) is 0 Å². The van der Waals surface area contributed by atoms with Crippen LogP contribution in [0.5, 0.6) is 0 Å². The fourth-order valence-electron chi connectivity index (χ4n) is 3.35. The fourth-order valence-corrected chi connectivity index (χ4v) is 3.35. The van der Waals surface area contributed by atoms with Crippen LogP contribution in [-0.4, -0.2) is 37.1 Å². The molecule has 1 rings (SSSR count). The SMILES string of the molecule is CC(C)(C)CCC(CCC(C)(C)C)NCCCN1CCCCC1. The molecule has 1 aliphatic rings. The molecule has 0 saturated carbocycles. The third-order valence-corrected chi connectivity index (χ3v) is 5.02. The Bertz CT molecular complexity index is 274. The molecule has 2 nitrogen and oxygen atoms in total. The van der Waals surface area contributed by atoms with Crippen molar-refractivity contribution in [2.75, 3.05) is 26.2 Å². The molecule has 1 saturated heterocycles. The van der Waals surface area contributed by atoms with Crippen LogP contribution in [0, 0.1) is 10.8 Å². The Hall–Kier alpha value is -0.0800.